The average Bonchev–Trinajstić information content (AvgIpc) is 2.98. The minimum Gasteiger partial charge on any atom is -0.360 e. The number of hydrogen-bond donors (Lipinski definition) is 1. The molecule has 3 aromatic rings. The van der Waals surface area contributed by atoms with Gasteiger partial charge in [0, 0.05) is 24.3 Å². The van der Waals surface area contributed by atoms with E-state index in [-0.39, 0.29) is 0 Å². The second kappa shape index (κ2) is 5.77. The maximum atomic E-state index is 4.60. The number of nitrogens with one attached hydrogen (secondary N) is 1. The molecule has 1 saturated heterocycles. The zero-order chi connectivity index (χ0) is 14.8. The number of rotatable bonds is 3. The Hall–Kier alpha value is -2.40. The highest BCUT2D eigenvalue weighted by atomic mass is 15.3. The highest BCUT2D eigenvalue weighted by molar-refractivity contribution is 5.46. The van der Waals surface area contributed by atoms with Crippen LogP contribution in [0, 0.1) is 0 Å². The Labute approximate surface area is 129 Å². The molecule has 5 nitrogen and oxygen atoms in total. The van der Waals surface area contributed by atoms with Gasteiger partial charge in [-0.3, -0.25) is 4.40 Å². The predicted octanol–water partition coefficient (Wildman–Crippen LogP) is 0.634. The van der Waals surface area contributed by atoms with E-state index in [1.54, 1.807) is 11.1 Å². The zero-order valence-electron chi connectivity index (χ0n) is 12.5. The lowest BCUT2D eigenvalue weighted by atomic mass is 10.2. The van der Waals surface area contributed by atoms with Crippen molar-refractivity contribution in [1.82, 2.24) is 14.4 Å². The van der Waals surface area contributed by atoms with Gasteiger partial charge in [-0.25, -0.2) is 9.97 Å². The van der Waals surface area contributed by atoms with Crippen molar-refractivity contribution < 1.29 is 4.90 Å². The lowest BCUT2D eigenvalue weighted by Crippen LogP contribution is -3.13. The molecule has 5 heteroatoms. The van der Waals surface area contributed by atoms with E-state index in [0.717, 1.165) is 44.2 Å². The van der Waals surface area contributed by atoms with Crippen molar-refractivity contribution in [2.45, 2.75) is 6.54 Å². The van der Waals surface area contributed by atoms with Crippen molar-refractivity contribution in [2.75, 3.05) is 31.1 Å². The van der Waals surface area contributed by atoms with Crippen molar-refractivity contribution >= 4 is 11.5 Å². The van der Waals surface area contributed by atoms with Gasteiger partial charge >= 0.3 is 0 Å². The molecular formula is C17H20N5+. The average molecular weight is 294 g/mol. The summed E-state index contributed by atoms with van der Waals surface area (Å²) in [5.74, 6) is 0.792. The molecule has 1 N–H and O–H groups in total. The largest absolute Gasteiger partial charge is 0.360 e. The third-order valence-corrected chi connectivity index (χ3v) is 4.31. The number of quaternary nitrogens is 1. The quantitative estimate of drug-likeness (QED) is 0.770. The molecule has 112 valence electrons. The Kier molecular flexibility index (Phi) is 3.48. The van der Waals surface area contributed by atoms with Crippen molar-refractivity contribution in [2.24, 2.45) is 0 Å². The van der Waals surface area contributed by atoms with Crippen molar-refractivity contribution in [3.63, 3.8) is 0 Å². The maximum absolute atomic E-state index is 4.60. The van der Waals surface area contributed by atoms with E-state index >= 15 is 0 Å². The van der Waals surface area contributed by atoms with Crippen molar-refractivity contribution in [1.29, 1.82) is 0 Å². The molecule has 0 radical (unpaired) electrons. The summed E-state index contributed by atoms with van der Waals surface area (Å²) in [6.07, 6.45) is 5.89. The minimum atomic E-state index is 0.792. The Bertz CT molecular complexity index is 711. The minimum absolute atomic E-state index is 0.792. The number of imidazole rings is 1. The normalized spacial score (nSPS) is 16.3. The van der Waals surface area contributed by atoms with Gasteiger partial charge < -0.3 is 9.80 Å². The molecule has 0 amide bonds. The van der Waals surface area contributed by atoms with Gasteiger partial charge in [-0.15, -0.1) is 0 Å². The molecule has 1 aliphatic heterocycles. The topological polar surface area (TPSA) is 37.9 Å². The Morgan fingerprint density at radius 3 is 2.64 bits per heavy atom. The first-order valence-corrected chi connectivity index (χ1v) is 7.81. The Morgan fingerprint density at radius 2 is 1.86 bits per heavy atom. The van der Waals surface area contributed by atoms with Gasteiger partial charge in [0.1, 0.15) is 12.2 Å². The molecule has 22 heavy (non-hydrogen) atoms. The van der Waals surface area contributed by atoms with E-state index in [4.69, 9.17) is 0 Å². The van der Waals surface area contributed by atoms with Gasteiger partial charge in [0.2, 0.25) is 5.78 Å². The van der Waals surface area contributed by atoms with Gasteiger partial charge in [-0.05, 0) is 18.2 Å². The number of fused-ring (bicyclic) bond motifs is 1. The van der Waals surface area contributed by atoms with E-state index in [1.165, 1.54) is 5.69 Å². The molecule has 3 heterocycles. The Balaban J connectivity index is 1.39. The van der Waals surface area contributed by atoms with Gasteiger partial charge in [0.25, 0.3) is 0 Å². The molecule has 2 aromatic heterocycles. The van der Waals surface area contributed by atoms with Crippen LogP contribution in [0.5, 0.6) is 0 Å². The molecule has 0 bridgehead atoms. The Morgan fingerprint density at radius 1 is 1.05 bits per heavy atom. The van der Waals surface area contributed by atoms with Gasteiger partial charge in [0.05, 0.1) is 26.2 Å². The van der Waals surface area contributed by atoms with Crippen LogP contribution >= 0.6 is 0 Å². The summed E-state index contributed by atoms with van der Waals surface area (Å²) in [5.41, 5.74) is 2.46. The number of aromatic nitrogens is 3. The number of nitrogens with zero attached hydrogens (tertiary/aromatic N) is 4. The van der Waals surface area contributed by atoms with Gasteiger partial charge in [-0.1, -0.05) is 18.2 Å². The third-order valence-electron chi connectivity index (χ3n) is 4.31. The zero-order valence-corrected chi connectivity index (χ0v) is 12.5. The van der Waals surface area contributed by atoms with Crippen LogP contribution in [0.4, 0.5) is 5.69 Å². The first-order chi connectivity index (χ1) is 10.9. The van der Waals surface area contributed by atoms with Crippen LogP contribution in [0.15, 0.2) is 55.0 Å². The monoisotopic (exact) mass is 294 g/mol. The molecule has 1 fully saturated rings. The highest BCUT2D eigenvalue weighted by Gasteiger charge is 2.21. The molecule has 0 atom stereocenters. The summed E-state index contributed by atoms with van der Waals surface area (Å²) in [7, 11) is 0. The summed E-state index contributed by atoms with van der Waals surface area (Å²) < 4.78 is 2.00. The van der Waals surface area contributed by atoms with Crippen molar-refractivity contribution in [3.05, 3.63) is 60.7 Å². The van der Waals surface area contributed by atoms with Crippen LogP contribution in [0.1, 0.15) is 5.69 Å². The number of piperazine rings is 1. The summed E-state index contributed by atoms with van der Waals surface area (Å²) in [5, 5.41) is 0. The number of hydrogen-bond acceptors (Lipinski definition) is 3. The molecular weight excluding hydrogens is 274 g/mol. The van der Waals surface area contributed by atoms with E-state index in [1.807, 2.05) is 16.7 Å². The molecule has 0 saturated carbocycles. The summed E-state index contributed by atoms with van der Waals surface area (Å²) in [4.78, 5) is 12.9. The third kappa shape index (κ3) is 2.67. The van der Waals surface area contributed by atoms with Gasteiger partial charge in [-0.2, -0.15) is 0 Å². The molecule has 4 rings (SSSR count). The second-order valence-electron chi connectivity index (χ2n) is 5.81. The van der Waals surface area contributed by atoms with E-state index in [9.17, 15) is 0 Å². The number of anilines is 1. The number of para-hydroxylation sites is 1. The second-order valence-corrected chi connectivity index (χ2v) is 5.81. The maximum Gasteiger partial charge on any atom is 0.234 e. The standard InChI is InChI=1S/C17H19N5/c1-2-5-16(6-3-1)21-11-9-20(10-12-21)13-15-14-22-8-4-7-18-17(22)19-15/h1-8,14H,9-13H2/p+1. The SMILES string of the molecule is c1ccc(N2CC[NH+](Cc3cn4cccnc4n3)CC2)cc1. The molecule has 0 spiro atoms. The van der Waals surface area contributed by atoms with Gasteiger partial charge in [0.15, 0.2) is 0 Å². The molecule has 1 aliphatic rings. The summed E-state index contributed by atoms with van der Waals surface area (Å²) in [6.45, 7) is 5.48. The number of benzene rings is 1. The summed E-state index contributed by atoms with van der Waals surface area (Å²) >= 11 is 0. The summed E-state index contributed by atoms with van der Waals surface area (Å²) in [6, 6.07) is 12.6. The van der Waals surface area contributed by atoms with E-state index < -0.39 is 0 Å². The van der Waals surface area contributed by atoms with Crippen LogP contribution in [0.25, 0.3) is 5.78 Å². The molecule has 0 aliphatic carbocycles. The van der Waals surface area contributed by atoms with Crippen LogP contribution in [0.2, 0.25) is 0 Å². The first kappa shape index (κ1) is 13.3. The lowest BCUT2D eigenvalue weighted by Gasteiger charge is -2.33. The fourth-order valence-corrected chi connectivity index (χ4v) is 3.12. The fourth-order valence-electron chi connectivity index (χ4n) is 3.12. The fraction of sp³-hybridized carbons (Fsp3) is 0.294. The predicted molar refractivity (Wildman–Crippen MR) is 86.0 cm³/mol. The van der Waals surface area contributed by atoms with Crippen LogP contribution < -0.4 is 9.80 Å². The first-order valence-electron chi connectivity index (χ1n) is 7.81. The van der Waals surface area contributed by atoms with Crippen LogP contribution in [0.3, 0.4) is 0 Å². The smallest absolute Gasteiger partial charge is 0.234 e. The van der Waals surface area contributed by atoms with E-state index in [2.05, 4.69) is 51.4 Å². The van der Waals surface area contributed by atoms with Crippen LogP contribution in [-0.4, -0.2) is 40.5 Å². The highest BCUT2D eigenvalue weighted by Crippen LogP contribution is 2.12. The van der Waals surface area contributed by atoms with Crippen LogP contribution in [-0.2, 0) is 6.54 Å². The van der Waals surface area contributed by atoms with E-state index in [0.29, 0.717) is 0 Å². The van der Waals surface area contributed by atoms with Crippen molar-refractivity contribution in [3.8, 4) is 0 Å². The molecule has 1 aromatic carbocycles. The lowest BCUT2D eigenvalue weighted by molar-refractivity contribution is -0.914. The molecule has 0 unspecified atom stereocenters.